The molecule has 0 amide bonds. The number of amidine groups is 1. The predicted octanol–water partition coefficient (Wildman–Crippen LogP) is 4.07. The van der Waals surface area contributed by atoms with E-state index in [-0.39, 0.29) is 0 Å². The molecule has 110 valence electrons. The van der Waals surface area contributed by atoms with Crippen LogP contribution in [0.5, 0.6) is 0 Å². The quantitative estimate of drug-likeness (QED) is 0.906. The van der Waals surface area contributed by atoms with Gasteiger partial charge in [0, 0.05) is 36.8 Å². The van der Waals surface area contributed by atoms with E-state index in [1.54, 1.807) is 0 Å². The maximum atomic E-state index is 4.63. The molecule has 0 bridgehead atoms. The van der Waals surface area contributed by atoms with E-state index < -0.39 is 0 Å². The van der Waals surface area contributed by atoms with Crippen molar-refractivity contribution >= 4 is 28.3 Å². The van der Waals surface area contributed by atoms with Crippen LogP contribution < -0.4 is 10.2 Å². The highest BCUT2D eigenvalue weighted by Gasteiger charge is 2.23. The van der Waals surface area contributed by atoms with Gasteiger partial charge < -0.3 is 10.2 Å². The van der Waals surface area contributed by atoms with Crippen LogP contribution in [0, 0.1) is 5.41 Å². The van der Waals surface area contributed by atoms with E-state index in [4.69, 9.17) is 0 Å². The number of rotatable bonds is 4. The Labute approximate surface area is 126 Å². The summed E-state index contributed by atoms with van der Waals surface area (Å²) in [5.41, 5.74) is 2.72. The summed E-state index contributed by atoms with van der Waals surface area (Å²) in [6.45, 7) is 11.9. The molecule has 1 aromatic rings. The molecule has 0 spiro atoms. The van der Waals surface area contributed by atoms with Gasteiger partial charge in [0.1, 0.15) is 0 Å². The number of hydrogen-bond donors (Lipinski definition) is 1. The van der Waals surface area contributed by atoms with Crippen molar-refractivity contribution < 1.29 is 0 Å². The van der Waals surface area contributed by atoms with Crippen LogP contribution in [0.2, 0.25) is 0 Å². The van der Waals surface area contributed by atoms with E-state index in [1.165, 1.54) is 5.69 Å². The van der Waals surface area contributed by atoms with E-state index in [0.29, 0.717) is 5.41 Å². The van der Waals surface area contributed by atoms with Gasteiger partial charge in [0.25, 0.3) is 0 Å². The third-order valence-corrected chi connectivity index (χ3v) is 4.93. The second-order valence-corrected chi connectivity index (χ2v) is 6.88. The summed E-state index contributed by atoms with van der Waals surface area (Å²) in [5.74, 6) is 1.12. The first-order chi connectivity index (χ1) is 9.54. The standard InChI is InChI=1S/C16H25N3S/c1-5-19(6-2)14-9-7-13(8-10-14)18-15-17-11-16(3,4)12-20-15/h7-10H,5-6,11-12H2,1-4H3,(H,17,18). The number of nitrogens with zero attached hydrogens (tertiary/aromatic N) is 2. The number of anilines is 2. The van der Waals surface area contributed by atoms with Crippen LogP contribution in [-0.2, 0) is 0 Å². The summed E-state index contributed by atoms with van der Waals surface area (Å²) in [6, 6.07) is 8.62. The zero-order valence-electron chi connectivity index (χ0n) is 12.9. The lowest BCUT2D eigenvalue weighted by Crippen LogP contribution is -2.27. The first-order valence-electron chi connectivity index (χ1n) is 7.33. The molecule has 0 radical (unpaired) electrons. The minimum Gasteiger partial charge on any atom is -0.372 e. The average molecular weight is 291 g/mol. The fourth-order valence-electron chi connectivity index (χ4n) is 2.18. The van der Waals surface area contributed by atoms with Crippen LogP contribution in [-0.4, -0.2) is 30.6 Å². The Morgan fingerprint density at radius 3 is 2.35 bits per heavy atom. The molecule has 0 unspecified atom stereocenters. The van der Waals surface area contributed by atoms with E-state index in [0.717, 1.165) is 36.2 Å². The zero-order chi connectivity index (χ0) is 14.6. The van der Waals surface area contributed by atoms with Crippen LogP contribution in [0.3, 0.4) is 0 Å². The van der Waals surface area contributed by atoms with E-state index in [2.05, 4.69) is 67.2 Å². The molecule has 1 N–H and O–H groups in total. The topological polar surface area (TPSA) is 27.6 Å². The molecule has 0 aliphatic carbocycles. The summed E-state index contributed by atoms with van der Waals surface area (Å²) in [5, 5.41) is 4.46. The number of hydrogen-bond acceptors (Lipinski definition) is 4. The summed E-state index contributed by atoms with van der Waals surface area (Å²) < 4.78 is 0. The van der Waals surface area contributed by atoms with Gasteiger partial charge in [-0.2, -0.15) is 0 Å². The molecule has 0 saturated carbocycles. The monoisotopic (exact) mass is 291 g/mol. The van der Waals surface area contributed by atoms with Crippen molar-refractivity contribution in [2.45, 2.75) is 27.7 Å². The molecule has 0 saturated heterocycles. The van der Waals surface area contributed by atoms with Gasteiger partial charge in [-0.1, -0.05) is 25.6 Å². The number of aliphatic imine (C=N–C) groups is 1. The molecule has 1 aliphatic heterocycles. The lowest BCUT2D eigenvalue weighted by Gasteiger charge is -2.27. The predicted molar refractivity (Wildman–Crippen MR) is 92.2 cm³/mol. The summed E-state index contributed by atoms with van der Waals surface area (Å²) in [4.78, 5) is 6.97. The van der Waals surface area contributed by atoms with Gasteiger partial charge in [-0.3, -0.25) is 4.99 Å². The highest BCUT2D eigenvalue weighted by Crippen LogP contribution is 2.28. The molecule has 1 aromatic carbocycles. The van der Waals surface area contributed by atoms with Crippen molar-refractivity contribution in [3.63, 3.8) is 0 Å². The minimum absolute atomic E-state index is 0.322. The normalized spacial score (nSPS) is 17.5. The second-order valence-electron chi connectivity index (χ2n) is 5.92. The summed E-state index contributed by atoms with van der Waals surface area (Å²) in [6.07, 6.45) is 0. The maximum absolute atomic E-state index is 4.63. The van der Waals surface area contributed by atoms with E-state index in [9.17, 15) is 0 Å². The zero-order valence-corrected chi connectivity index (χ0v) is 13.8. The van der Waals surface area contributed by atoms with Crippen LogP contribution in [0.1, 0.15) is 27.7 Å². The van der Waals surface area contributed by atoms with Gasteiger partial charge in [-0.05, 0) is 43.5 Å². The van der Waals surface area contributed by atoms with Crippen LogP contribution in [0.4, 0.5) is 11.4 Å². The van der Waals surface area contributed by atoms with Crippen molar-refractivity contribution in [3.8, 4) is 0 Å². The Hall–Kier alpha value is -1.16. The number of thioether (sulfide) groups is 1. The van der Waals surface area contributed by atoms with Crippen LogP contribution in [0.25, 0.3) is 0 Å². The molecule has 0 fully saturated rings. The van der Waals surface area contributed by atoms with E-state index >= 15 is 0 Å². The molecule has 1 heterocycles. The smallest absolute Gasteiger partial charge is 0.161 e. The Bertz CT molecular complexity index is 461. The summed E-state index contributed by atoms with van der Waals surface area (Å²) >= 11 is 1.81. The van der Waals surface area contributed by atoms with Crippen molar-refractivity contribution in [1.82, 2.24) is 0 Å². The fourth-order valence-corrected chi connectivity index (χ4v) is 3.15. The molecule has 1 aliphatic rings. The largest absolute Gasteiger partial charge is 0.372 e. The van der Waals surface area contributed by atoms with Gasteiger partial charge in [-0.15, -0.1) is 0 Å². The molecular formula is C16H25N3S. The van der Waals surface area contributed by atoms with Crippen molar-refractivity contribution in [2.75, 3.05) is 35.6 Å². The van der Waals surface area contributed by atoms with E-state index in [1.807, 2.05) is 11.8 Å². The molecule has 0 aromatic heterocycles. The fraction of sp³-hybridized carbons (Fsp3) is 0.562. The molecule has 0 atom stereocenters. The molecule has 3 nitrogen and oxygen atoms in total. The highest BCUT2D eigenvalue weighted by molar-refractivity contribution is 8.14. The van der Waals surface area contributed by atoms with Crippen LogP contribution in [0.15, 0.2) is 29.3 Å². The number of benzene rings is 1. The SMILES string of the molecule is CCN(CC)c1ccc(NC2=NCC(C)(C)CS2)cc1. The lowest BCUT2D eigenvalue weighted by atomic mass is 9.97. The van der Waals surface area contributed by atoms with Gasteiger partial charge in [0.2, 0.25) is 0 Å². The van der Waals surface area contributed by atoms with Crippen LogP contribution >= 0.6 is 11.8 Å². The Balaban J connectivity index is 1.99. The maximum Gasteiger partial charge on any atom is 0.161 e. The lowest BCUT2D eigenvalue weighted by molar-refractivity contribution is 0.438. The van der Waals surface area contributed by atoms with Gasteiger partial charge in [-0.25, -0.2) is 0 Å². The Morgan fingerprint density at radius 2 is 1.85 bits per heavy atom. The molecule has 4 heteroatoms. The van der Waals surface area contributed by atoms with Crippen molar-refractivity contribution in [2.24, 2.45) is 10.4 Å². The van der Waals surface area contributed by atoms with Crippen molar-refractivity contribution in [3.05, 3.63) is 24.3 Å². The first kappa shape index (κ1) is 15.2. The third kappa shape index (κ3) is 3.92. The highest BCUT2D eigenvalue weighted by atomic mass is 32.2. The molecule has 20 heavy (non-hydrogen) atoms. The molecule has 2 rings (SSSR count). The molecular weight excluding hydrogens is 266 g/mol. The van der Waals surface area contributed by atoms with Gasteiger partial charge in [0.05, 0.1) is 0 Å². The Morgan fingerprint density at radius 1 is 1.20 bits per heavy atom. The number of nitrogens with one attached hydrogen (secondary N) is 1. The average Bonchev–Trinajstić information content (AvgIpc) is 2.44. The Kier molecular flexibility index (Phi) is 4.97. The first-order valence-corrected chi connectivity index (χ1v) is 8.32. The van der Waals surface area contributed by atoms with Gasteiger partial charge in [0.15, 0.2) is 5.17 Å². The second kappa shape index (κ2) is 6.53. The van der Waals surface area contributed by atoms with Gasteiger partial charge >= 0.3 is 0 Å². The minimum atomic E-state index is 0.322. The van der Waals surface area contributed by atoms with Crippen molar-refractivity contribution in [1.29, 1.82) is 0 Å². The summed E-state index contributed by atoms with van der Waals surface area (Å²) in [7, 11) is 0. The third-order valence-electron chi connectivity index (χ3n) is 3.50.